The van der Waals surface area contributed by atoms with Gasteiger partial charge in [0, 0.05) is 31.9 Å². The van der Waals surface area contributed by atoms with E-state index in [1.165, 1.54) is 9.80 Å². The van der Waals surface area contributed by atoms with E-state index in [0.29, 0.717) is 17.8 Å². The van der Waals surface area contributed by atoms with Crippen LogP contribution in [0.1, 0.15) is 17.3 Å². The summed E-state index contributed by atoms with van der Waals surface area (Å²) in [6.45, 7) is 2.40. The Balaban J connectivity index is 2.83. The van der Waals surface area contributed by atoms with Crippen molar-refractivity contribution in [3.05, 3.63) is 29.8 Å². The van der Waals surface area contributed by atoms with Crippen LogP contribution in [0, 0.1) is 0 Å². The van der Waals surface area contributed by atoms with Gasteiger partial charge in [-0.3, -0.25) is 9.59 Å². The Morgan fingerprint density at radius 2 is 1.94 bits per heavy atom. The Labute approximate surface area is 107 Å². The van der Waals surface area contributed by atoms with Gasteiger partial charge in [0.05, 0.1) is 6.54 Å². The lowest BCUT2D eigenvalue weighted by Crippen LogP contribution is -2.40. The molecule has 0 aliphatic rings. The van der Waals surface area contributed by atoms with Crippen molar-refractivity contribution in [2.24, 2.45) is 0 Å². The number of benzene rings is 1. The molecule has 0 bridgehead atoms. The summed E-state index contributed by atoms with van der Waals surface area (Å²) in [6.07, 6.45) is 0. The lowest BCUT2D eigenvalue weighted by molar-refractivity contribution is -0.129. The third-order valence-electron chi connectivity index (χ3n) is 2.63. The highest BCUT2D eigenvalue weighted by atomic mass is 16.2. The number of likely N-dealkylation sites (N-methyl/N-ethyl adjacent to an activating group) is 2. The van der Waals surface area contributed by atoms with Crippen LogP contribution in [0.3, 0.4) is 0 Å². The SMILES string of the molecule is CCN(CC(=O)N(C)C)C(=O)c1cccc(N)c1. The molecule has 5 heteroatoms. The molecule has 0 fully saturated rings. The molecule has 1 aromatic carbocycles. The molecule has 18 heavy (non-hydrogen) atoms. The maximum Gasteiger partial charge on any atom is 0.254 e. The van der Waals surface area contributed by atoms with Crippen molar-refractivity contribution in [3.8, 4) is 0 Å². The molecular formula is C13H19N3O2. The van der Waals surface area contributed by atoms with Crippen molar-refractivity contribution in [3.63, 3.8) is 0 Å². The molecule has 0 aliphatic carbocycles. The van der Waals surface area contributed by atoms with E-state index in [9.17, 15) is 9.59 Å². The van der Waals surface area contributed by atoms with E-state index in [4.69, 9.17) is 5.73 Å². The van der Waals surface area contributed by atoms with Crippen LogP contribution in [0.15, 0.2) is 24.3 Å². The molecule has 0 heterocycles. The number of carbonyl (C=O) groups is 2. The fraction of sp³-hybridized carbons (Fsp3) is 0.385. The van der Waals surface area contributed by atoms with Gasteiger partial charge in [0.2, 0.25) is 5.91 Å². The molecule has 0 aliphatic heterocycles. The van der Waals surface area contributed by atoms with Crippen LogP contribution in [0.2, 0.25) is 0 Å². The molecule has 0 aromatic heterocycles. The monoisotopic (exact) mass is 249 g/mol. The van der Waals surface area contributed by atoms with Crippen molar-refractivity contribution in [1.29, 1.82) is 0 Å². The highest BCUT2D eigenvalue weighted by Crippen LogP contribution is 2.09. The van der Waals surface area contributed by atoms with E-state index in [1.54, 1.807) is 38.4 Å². The average Bonchev–Trinajstić information content (AvgIpc) is 2.34. The molecule has 98 valence electrons. The summed E-state index contributed by atoms with van der Waals surface area (Å²) >= 11 is 0. The summed E-state index contributed by atoms with van der Waals surface area (Å²) in [5.74, 6) is -0.283. The lowest BCUT2D eigenvalue weighted by Gasteiger charge is -2.22. The molecular weight excluding hydrogens is 230 g/mol. The predicted molar refractivity (Wildman–Crippen MR) is 71.1 cm³/mol. The summed E-state index contributed by atoms with van der Waals surface area (Å²) in [5, 5.41) is 0. The molecule has 2 N–H and O–H groups in total. The normalized spacial score (nSPS) is 9.94. The second-order valence-corrected chi connectivity index (χ2v) is 4.23. The average molecular weight is 249 g/mol. The fourth-order valence-corrected chi connectivity index (χ4v) is 1.49. The van der Waals surface area contributed by atoms with Crippen LogP contribution >= 0.6 is 0 Å². The second-order valence-electron chi connectivity index (χ2n) is 4.23. The van der Waals surface area contributed by atoms with Gasteiger partial charge in [0.25, 0.3) is 5.91 Å². The molecule has 0 saturated carbocycles. The highest BCUT2D eigenvalue weighted by Gasteiger charge is 2.18. The molecule has 0 atom stereocenters. The molecule has 0 spiro atoms. The first-order valence-electron chi connectivity index (χ1n) is 5.80. The van der Waals surface area contributed by atoms with Gasteiger partial charge in [-0.2, -0.15) is 0 Å². The van der Waals surface area contributed by atoms with Gasteiger partial charge in [-0.1, -0.05) is 6.07 Å². The van der Waals surface area contributed by atoms with Crippen LogP contribution in [-0.2, 0) is 4.79 Å². The van der Waals surface area contributed by atoms with Gasteiger partial charge in [-0.05, 0) is 25.1 Å². The van der Waals surface area contributed by atoms with Crippen LogP contribution in [-0.4, -0.2) is 48.8 Å². The molecule has 0 saturated heterocycles. The minimum Gasteiger partial charge on any atom is -0.399 e. The zero-order chi connectivity index (χ0) is 13.7. The Bertz CT molecular complexity index is 444. The largest absolute Gasteiger partial charge is 0.399 e. The highest BCUT2D eigenvalue weighted by molar-refractivity contribution is 5.97. The first kappa shape index (κ1) is 14.0. The summed E-state index contributed by atoms with van der Waals surface area (Å²) in [6, 6.07) is 6.76. The van der Waals surface area contributed by atoms with Crippen molar-refractivity contribution in [2.45, 2.75) is 6.92 Å². The Morgan fingerprint density at radius 3 is 2.44 bits per heavy atom. The quantitative estimate of drug-likeness (QED) is 0.803. The van der Waals surface area contributed by atoms with E-state index < -0.39 is 0 Å². The zero-order valence-corrected chi connectivity index (χ0v) is 11.0. The first-order chi connectivity index (χ1) is 8.45. The number of rotatable bonds is 4. The summed E-state index contributed by atoms with van der Waals surface area (Å²) in [4.78, 5) is 26.8. The molecule has 5 nitrogen and oxygen atoms in total. The molecule has 1 rings (SSSR count). The topological polar surface area (TPSA) is 66.6 Å². The Kier molecular flexibility index (Phi) is 4.71. The Morgan fingerprint density at radius 1 is 1.28 bits per heavy atom. The minimum atomic E-state index is -0.181. The molecule has 0 unspecified atom stereocenters. The van der Waals surface area contributed by atoms with Gasteiger partial charge in [-0.25, -0.2) is 0 Å². The predicted octanol–water partition coefficient (Wildman–Crippen LogP) is 0.819. The van der Waals surface area contributed by atoms with E-state index >= 15 is 0 Å². The second kappa shape index (κ2) is 6.05. The maximum absolute atomic E-state index is 12.2. The fourth-order valence-electron chi connectivity index (χ4n) is 1.49. The van der Waals surface area contributed by atoms with Crippen molar-refractivity contribution >= 4 is 17.5 Å². The smallest absolute Gasteiger partial charge is 0.254 e. The van der Waals surface area contributed by atoms with Gasteiger partial charge >= 0.3 is 0 Å². The maximum atomic E-state index is 12.2. The number of carbonyl (C=O) groups excluding carboxylic acids is 2. The van der Waals surface area contributed by atoms with E-state index in [-0.39, 0.29) is 18.4 Å². The summed E-state index contributed by atoms with van der Waals surface area (Å²) in [7, 11) is 3.34. The number of amides is 2. The van der Waals surface area contributed by atoms with Crippen molar-refractivity contribution in [1.82, 2.24) is 9.80 Å². The van der Waals surface area contributed by atoms with Crippen LogP contribution in [0.5, 0.6) is 0 Å². The van der Waals surface area contributed by atoms with Crippen molar-refractivity contribution in [2.75, 3.05) is 32.9 Å². The third kappa shape index (κ3) is 3.48. The molecule has 2 amide bonds. The van der Waals surface area contributed by atoms with Gasteiger partial charge in [0.15, 0.2) is 0 Å². The van der Waals surface area contributed by atoms with Crippen LogP contribution in [0.4, 0.5) is 5.69 Å². The number of nitrogen functional groups attached to an aromatic ring is 1. The number of nitrogens with zero attached hydrogens (tertiary/aromatic N) is 2. The first-order valence-corrected chi connectivity index (χ1v) is 5.80. The van der Waals surface area contributed by atoms with Crippen LogP contribution in [0.25, 0.3) is 0 Å². The van der Waals surface area contributed by atoms with Gasteiger partial charge < -0.3 is 15.5 Å². The number of hydrogen-bond acceptors (Lipinski definition) is 3. The molecule has 0 radical (unpaired) electrons. The molecule has 1 aromatic rings. The van der Waals surface area contributed by atoms with Crippen molar-refractivity contribution < 1.29 is 9.59 Å². The number of anilines is 1. The third-order valence-corrected chi connectivity index (χ3v) is 2.63. The number of hydrogen-bond donors (Lipinski definition) is 1. The summed E-state index contributed by atoms with van der Waals surface area (Å²) < 4.78 is 0. The number of nitrogens with two attached hydrogens (primary N) is 1. The van der Waals surface area contributed by atoms with Crippen LogP contribution < -0.4 is 5.73 Å². The van der Waals surface area contributed by atoms with E-state index in [2.05, 4.69) is 0 Å². The lowest BCUT2D eigenvalue weighted by atomic mass is 10.1. The van der Waals surface area contributed by atoms with E-state index in [1.807, 2.05) is 6.92 Å². The van der Waals surface area contributed by atoms with Gasteiger partial charge in [0.1, 0.15) is 0 Å². The van der Waals surface area contributed by atoms with Gasteiger partial charge in [-0.15, -0.1) is 0 Å². The summed E-state index contributed by atoms with van der Waals surface area (Å²) in [5.41, 5.74) is 6.68. The minimum absolute atomic E-state index is 0.0805. The standard InChI is InChI=1S/C13H19N3O2/c1-4-16(9-12(17)15(2)3)13(18)10-6-5-7-11(14)8-10/h5-8H,4,9,14H2,1-3H3. The zero-order valence-electron chi connectivity index (χ0n) is 11.0. The van der Waals surface area contributed by atoms with E-state index in [0.717, 1.165) is 0 Å². The Hall–Kier alpha value is -2.04.